The van der Waals surface area contributed by atoms with Gasteiger partial charge in [0.1, 0.15) is 12.6 Å². The first-order chi connectivity index (χ1) is 7.14. The van der Waals surface area contributed by atoms with Crippen molar-refractivity contribution in [1.29, 1.82) is 0 Å². The molecule has 0 aliphatic heterocycles. The summed E-state index contributed by atoms with van der Waals surface area (Å²) in [6.45, 7) is 0.0520. The third-order valence-corrected chi connectivity index (χ3v) is 3.19. The molecule has 0 atom stereocenters. The van der Waals surface area contributed by atoms with E-state index in [-0.39, 0.29) is 13.2 Å². The molecule has 0 aliphatic rings. The standard InChI is InChI=1S/C6H17NO7P2/c8-4-2-1-3-7(5-15(9,10)11)6-16(12,13)14/h8H,1-6H2,(H2,9,10,11)(H2,12,13,14). The molecule has 0 aromatic heterocycles. The molecule has 16 heavy (non-hydrogen) atoms. The zero-order chi connectivity index (χ0) is 12.8. The van der Waals surface area contributed by atoms with Gasteiger partial charge >= 0.3 is 15.2 Å². The highest BCUT2D eigenvalue weighted by Crippen LogP contribution is 2.40. The van der Waals surface area contributed by atoms with E-state index in [4.69, 9.17) is 24.7 Å². The van der Waals surface area contributed by atoms with Crippen LogP contribution >= 0.6 is 15.2 Å². The molecule has 0 aromatic carbocycles. The van der Waals surface area contributed by atoms with E-state index in [0.29, 0.717) is 12.8 Å². The normalized spacial score (nSPS) is 13.4. The molecule has 0 radical (unpaired) electrons. The van der Waals surface area contributed by atoms with E-state index in [1.807, 2.05) is 0 Å². The Kier molecular flexibility index (Phi) is 6.93. The number of hydrogen-bond acceptors (Lipinski definition) is 4. The Labute approximate surface area is 93.2 Å². The molecule has 0 spiro atoms. The Hall–Kier alpha value is 0.220. The van der Waals surface area contributed by atoms with Crippen LogP contribution in [0.1, 0.15) is 12.8 Å². The Morgan fingerprint density at radius 3 is 1.62 bits per heavy atom. The lowest BCUT2D eigenvalue weighted by Crippen LogP contribution is -2.27. The Bertz CT molecular complexity index is 261. The molecule has 98 valence electrons. The molecular formula is C6H17NO7P2. The first-order valence-corrected chi connectivity index (χ1v) is 8.16. The number of hydrogen-bond donors (Lipinski definition) is 5. The average molecular weight is 277 g/mol. The van der Waals surface area contributed by atoms with Crippen LogP contribution in [-0.2, 0) is 9.13 Å². The maximum absolute atomic E-state index is 10.7. The fraction of sp³-hybridized carbons (Fsp3) is 1.00. The highest BCUT2D eigenvalue weighted by molar-refractivity contribution is 7.52. The molecule has 8 nitrogen and oxygen atoms in total. The quantitative estimate of drug-likeness (QED) is 0.291. The van der Waals surface area contributed by atoms with Crippen molar-refractivity contribution in [2.75, 3.05) is 25.7 Å². The smallest absolute Gasteiger partial charge is 0.339 e. The molecule has 0 rings (SSSR count). The van der Waals surface area contributed by atoms with Crippen molar-refractivity contribution in [2.24, 2.45) is 0 Å². The largest absolute Gasteiger partial charge is 0.396 e. The SMILES string of the molecule is O=P(O)(O)CN(CCCCO)CP(=O)(O)O. The summed E-state index contributed by atoms with van der Waals surface area (Å²) in [4.78, 5) is 35.8. The zero-order valence-electron chi connectivity index (χ0n) is 8.64. The van der Waals surface area contributed by atoms with Crippen LogP contribution in [0.25, 0.3) is 0 Å². The van der Waals surface area contributed by atoms with Crippen LogP contribution < -0.4 is 0 Å². The Morgan fingerprint density at radius 2 is 1.31 bits per heavy atom. The van der Waals surface area contributed by atoms with E-state index in [2.05, 4.69) is 0 Å². The summed E-state index contributed by atoms with van der Waals surface area (Å²) < 4.78 is 21.4. The van der Waals surface area contributed by atoms with Crippen LogP contribution in [0.15, 0.2) is 0 Å². The first kappa shape index (κ1) is 16.2. The number of nitrogens with zero attached hydrogens (tertiary/aromatic N) is 1. The molecule has 0 fully saturated rings. The summed E-state index contributed by atoms with van der Waals surface area (Å²) in [5.41, 5.74) is 0. The van der Waals surface area contributed by atoms with Crippen LogP contribution in [0.5, 0.6) is 0 Å². The van der Waals surface area contributed by atoms with Gasteiger partial charge in [-0.15, -0.1) is 0 Å². The van der Waals surface area contributed by atoms with Crippen molar-refractivity contribution in [2.45, 2.75) is 12.8 Å². The minimum absolute atomic E-state index is 0.0698. The lowest BCUT2D eigenvalue weighted by atomic mass is 10.3. The zero-order valence-corrected chi connectivity index (χ0v) is 10.4. The van der Waals surface area contributed by atoms with Gasteiger partial charge in [-0.05, 0) is 19.4 Å². The van der Waals surface area contributed by atoms with Gasteiger partial charge in [0.15, 0.2) is 0 Å². The number of rotatable bonds is 8. The van der Waals surface area contributed by atoms with E-state index in [1.54, 1.807) is 0 Å². The highest BCUT2D eigenvalue weighted by atomic mass is 31.2. The summed E-state index contributed by atoms with van der Waals surface area (Å²) in [5.74, 6) is 0. The molecule has 0 heterocycles. The molecule has 0 amide bonds. The third-order valence-electron chi connectivity index (χ3n) is 1.65. The van der Waals surface area contributed by atoms with Crippen molar-refractivity contribution in [3.8, 4) is 0 Å². The molecule has 0 saturated heterocycles. The van der Waals surface area contributed by atoms with Crippen LogP contribution in [0.3, 0.4) is 0 Å². The van der Waals surface area contributed by atoms with Gasteiger partial charge in [0.2, 0.25) is 0 Å². The maximum atomic E-state index is 10.7. The van der Waals surface area contributed by atoms with Crippen molar-refractivity contribution >= 4 is 15.2 Å². The first-order valence-electron chi connectivity index (χ1n) is 4.56. The van der Waals surface area contributed by atoms with Crippen LogP contribution in [0, 0.1) is 0 Å². The summed E-state index contributed by atoms with van der Waals surface area (Å²) in [6, 6.07) is 0. The molecule has 5 N–H and O–H groups in total. The van der Waals surface area contributed by atoms with Crippen LogP contribution in [0.4, 0.5) is 0 Å². The van der Waals surface area contributed by atoms with Gasteiger partial charge in [0, 0.05) is 6.61 Å². The monoisotopic (exact) mass is 277 g/mol. The topological polar surface area (TPSA) is 139 Å². The van der Waals surface area contributed by atoms with Gasteiger partial charge in [-0.3, -0.25) is 14.0 Å². The molecule has 10 heteroatoms. The third kappa shape index (κ3) is 10.7. The van der Waals surface area contributed by atoms with E-state index in [9.17, 15) is 9.13 Å². The molecule has 0 bridgehead atoms. The van der Waals surface area contributed by atoms with Crippen LogP contribution in [-0.4, -0.2) is 55.3 Å². The fourth-order valence-corrected chi connectivity index (χ4v) is 2.84. The minimum Gasteiger partial charge on any atom is -0.396 e. The number of aliphatic hydroxyl groups is 1. The van der Waals surface area contributed by atoms with E-state index >= 15 is 0 Å². The molecular weight excluding hydrogens is 260 g/mol. The van der Waals surface area contributed by atoms with Crippen LogP contribution in [0.2, 0.25) is 0 Å². The highest BCUT2D eigenvalue weighted by Gasteiger charge is 2.25. The Balaban J connectivity index is 4.28. The molecule has 0 saturated carbocycles. The number of unbranched alkanes of at least 4 members (excludes halogenated alkanes) is 1. The lowest BCUT2D eigenvalue weighted by Gasteiger charge is -2.22. The Morgan fingerprint density at radius 1 is 0.875 bits per heavy atom. The summed E-state index contributed by atoms with van der Waals surface area (Å²) in [6.07, 6.45) is -0.553. The second-order valence-electron chi connectivity index (χ2n) is 3.44. The average Bonchev–Trinajstić information content (AvgIpc) is 1.97. The van der Waals surface area contributed by atoms with Gasteiger partial charge in [0.05, 0.1) is 0 Å². The van der Waals surface area contributed by atoms with Gasteiger partial charge < -0.3 is 24.7 Å². The van der Waals surface area contributed by atoms with E-state index in [1.165, 1.54) is 0 Å². The predicted octanol–water partition coefficient (Wildman–Crippen LogP) is -0.669. The summed E-state index contributed by atoms with van der Waals surface area (Å²) in [5, 5.41) is 8.52. The van der Waals surface area contributed by atoms with Gasteiger partial charge in [-0.2, -0.15) is 0 Å². The van der Waals surface area contributed by atoms with Crippen molar-refractivity contribution in [3.63, 3.8) is 0 Å². The lowest BCUT2D eigenvalue weighted by molar-refractivity contribution is 0.251. The molecule has 0 aromatic rings. The molecule has 0 aliphatic carbocycles. The predicted molar refractivity (Wildman–Crippen MR) is 56.8 cm³/mol. The minimum atomic E-state index is -4.34. The van der Waals surface area contributed by atoms with Crippen molar-refractivity contribution < 1.29 is 33.8 Å². The second-order valence-corrected chi connectivity index (χ2v) is 6.66. The van der Waals surface area contributed by atoms with Gasteiger partial charge in [-0.25, -0.2) is 0 Å². The van der Waals surface area contributed by atoms with E-state index in [0.717, 1.165) is 4.90 Å². The number of aliphatic hydroxyl groups excluding tert-OH is 1. The fourth-order valence-electron chi connectivity index (χ4n) is 1.15. The van der Waals surface area contributed by atoms with Crippen molar-refractivity contribution in [3.05, 3.63) is 0 Å². The maximum Gasteiger partial charge on any atom is 0.339 e. The van der Waals surface area contributed by atoms with Gasteiger partial charge in [-0.1, -0.05) is 0 Å². The second kappa shape index (κ2) is 6.83. The molecule has 0 unspecified atom stereocenters. The van der Waals surface area contributed by atoms with Gasteiger partial charge in [0.25, 0.3) is 0 Å². The summed E-state index contributed by atoms with van der Waals surface area (Å²) in [7, 11) is -8.67. The van der Waals surface area contributed by atoms with E-state index < -0.39 is 27.8 Å². The van der Waals surface area contributed by atoms with Crippen molar-refractivity contribution in [1.82, 2.24) is 4.90 Å². The summed E-state index contributed by atoms with van der Waals surface area (Å²) >= 11 is 0.